The third kappa shape index (κ3) is 5.37. The van der Waals surface area contributed by atoms with E-state index in [-0.39, 0.29) is 18.1 Å². The van der Waals surface area contributed by atoms with Crippen molar-refractivity contribution in [2.75, 3.05) is 11.9 Å². The van der Waals surface area contributed by atoms with Gasteiger partial charge in [0.2, 0.25) is 0 Å². The van der Waals surface area contributed by atoms with Gasteiger partial charge in [-0.05, 0) is 61.7 Å². The van der Waals surface area contributed by atoms with Crippen molar-refractivity contribution >= 4 is 61.5 Å². The molecule has 4 heterocycles. The van der Waals surface area contributed by atoms with Crippen LogP contribution in [-0.2, 0) is 9.47 Å². The summed E-state index contributed by atoms with van der Waals surface area (Å²) in [7, 11) is 0. The number of anilines is 1. The fraction of sp³-hybridized carbons (Fsp3) is 0.375. The van der Waals surface area contributed by atoms with Crippen LogP contribution in [0.2, 0.25) is 5.02 Å². The second kappa shape index (κ2) is 9.79. The molecular weight excluding hydrogens is 552 g/mol. The highest BCUT2D eigenvalue weighted by molar-refractivity contribution is 9.10. The second-order valence-electron chi connectivity index (χ2n) is 9.40. The van der Waals surface area contributed by atoms with E-state index >= 15 is 0 Å². The van der Waals surface area contributed by atoms with E-state index in [1.165, 1.54) is 6.33 Å². The van der Waals surface area contributed by atoms with Crippen LogP contribution in [0.15, 0.2) is 41.5 Å². The Bertz CT molecular complexity index is 1440. The molecule has 0 saturated carbocycles. The number of amides is 1. The molecule has 1 aromatic carbocycles. The maximum Gasteiger partial charge on any atom is 0.413 e. The Kier molecular flexibility index (Phi) is 6.71. The number of fused-ring (bicyclic) bond motifs is 2. The van der Waals surface area contributed by atoms with Crippen molar-refractivity contribution in [3.8, 4) is 5.75 Å². The lowest BCUT2D eigenvalue weighted by Crippen LogP contribution is -2.27. The number of aromatic nitrogens is 5. The number of carbonyl (C=O) groups is 1. The van der Waals surface area contributed by atoms with Gasteiger partial charge in [0.25, 0.3) is 0 Å². The highest BCUT2D eigenvalue weighted by atomic mass is 79.9. The first-order valence-corrected chi connectivity index (χ1v) is 12.5. The summed E-state index contributed by atoms with van der Waals surface area (Å²) in [5, 5.41) is 4.08. The molecule has 0 aliphatic carbocycles. The van der Waals surface area contributed by atoms with Gasteiger partial charge < -0.3 is 14.2 Å². The number of carbonyl (C=O) groups excluding carboxylic acids is 1. The minimum Gasteiger partial charge on any atom is -0.489 e. The second-order valence-corrected chi connectivity index (χ2v) is 10.7. The first-order chi connectivity index (χ1) is 17.2. The van der Waals surface area contributed by atoms with Crippen LogP contribution in [0.5, 0.6) is 5.75 Å². The molecule has 4 aromatic rings. The minimum absolute atomic E-state index is 0.140. The number of rotatable bonds is 5. The SMILES string of the molecule is CC(C)(C)OC(=O)Nc1ncnc2c1ncn2C1CCC(COc2cc3ncc(Br)cc3cc2Cl)O1. The fourth-order valence-electron chi connectivity index (χ4n) is 3.96. The molecule has 1 amide bonds. The number of hydrogen-bond acceptors (Lipinski definition) is 8. The summed E-state index contributed by atoms with van der Waals surface area (Å²) in [6.07, 6.45) is 5.25. The number of hydrogen-bond donors (Lipinski definition) is 1. The molecule has 2 unspecified atom stereocenters. The third-order valence-corrected chi connectivity index (χ3v) is 6.23. The summed E-state index contributed by atoms with van der Waals surface area (Å²) in [6, 6.07) is 5.62. The zero-order valence-corrected chi connectivity index (χ0v) is 22.2. The van der Waals surface area contributed by atoms with E-state index in [1.54, 1.807) is 33.3 Å². The van der Waals surface area contributed by atoms with Crippen LogP contribution < -0.4 is 10.1 Å². The van der Waals surface area contributed by atoms with Crippen molar-refractivity contribution in [2.24, 2.45) is 0 Å². The summed E-state index contributed by atoms with van der Waals surface area (Å²) in [5.41, 5.74) is 1.17. The zero-order chi connectivity index (χ0) is 25.4. The molecule has 1 N–H and O–H groups in total. The average Bonchev–Trinajstić information content (AvgIpc) is 3.44. The molecule has 10 nitrogen and oxygen atoms in total. The van der Waals surface area contributed by atoms with Gasteiger partial charge in [0.1, 0.15) is 30.5 Å². The molecule has 0 bridgehead atoms. The third-order valence-electron chi connectivity index (χ3n) is 5.50. The highest BCUT2D eigenvalue weighted by Crippen LogP contribution is 2.34. The molecule has 1 aliphatic rings. The van der Waals surface area contributed by atoms with Crippen molar-refractivity contribution in [3.05, 3.63) is 46.5 Å². The first-order valence-electron chi connectivity index (χ1n) is 11.4. The van der Waals surface area contributed by atoms with Crippen LogP contribution >= 0.6 is 27.5 Å². The van der Waals surface area contributed by atoms with Crippen LogP contribution in [-0.4, -0.2) is 48.9 Å². The van der Waals surface area contributed by atoms with Crippen LogP contribution in [0.4, 0.5) is 10.6 Å². The van der Waals surface area contributed by atoms with Crippen molar-refractivity contribution in [1.82, 2.24) is 24.5 Å². The summed E-state index contributed by atoms with van der Waals surface area (Å²) in [5.74, 6) is 0.835. The maximum absolute atomic E-state index is 12.2. The van der Waals surface area contributed by atoms with E-state index in [0.717, 1.165) is 28.2 Å². The van der Waals surface area contributed by atoms with E-state index in [2.05, 4.69) is 41.2 Å². The van der Waals surface area contributed by atoms with Crippen LogP contribution in [0.1, 0.15) is 39.8 Å². The molecule has 1 aliphatic heterocycles. The maximum atomic E-state index is 12.2. The lowest BCUT2D eigenvalue weighted by Gasteiger charge is -2.19. The largest absolute Gasteiger partial charge is 0.489 e. The average molecular weight is 576 g/mol. The van der Waals surface area contributed by atoms with Gasteiger partial charge in [-0.2, -0.15) is 0 Å². The molecule has 1 saturated heterocycles. The summed E-state index contributed by atoms with van der Waals surface area (Å²) >= 11 is 9.85. The molecule has 5 rings (SSSR count). The molecule has 0 radical (unpaired) electrons. The fourth-order valence-corrected chi connectivity index (χ4v) is 4.54. The summed E-state index contributed by atoms with van der Waals surface area (Å²) in [4.78, 5) is 29.5. The molecule has 12 heteroatoms. The van der Waals surface area contributed by atoms with Crippen molar-refractivity contribution in [2.45, 2.75) is 51.5 Å². The van der Waals surface area contributed by atoms with Gasteiger partial charge in [0.05, 0.1) is 23.0 Å². The molecule has 1 fully saturated rings. The van der Waals surface area contributed by atoms with Gasteiger partial charge in [-0.25, -0.2) is 19.7 Å². The van der Waals surface area contributed by atoms with Gasteiger partial charge >= 0.3 is 6.09 Å². The minimum atomic E-state index is -0.630. The normalized spacial score (nSPS) is 18.0. The van der Waals surface area contributed by atoms with Gasteiger partial charge in [0.15, 0.2) is 17.0 Å². The Morgan fingerprint density at radius 1 is 1.22 bits per heavy atom. The number of nitrogens with zero attached hydrogens (tertiary/aromatic N) is 5. The lowest BCUT2D eigenvalue weighted by molar-refractivity contribution is -0.0158. The standard InChI is InChI=1S/C24H24BrClN6O4/c1-24(2,3)36-23(33)31-21-20-22(29-11-28-21)32(12-30-20)19-5-4-15(35-19)10-34-18-8-17-13(7-16(18)26)6-14(25)9-27-17/h6-9,11-12,15,19H,4-5,10H2,1-3H3,(H,28,29,31,33). The van der Waals surface area contributed by atoms with Crippen LogP contribution in [0, 0.1) is 0 Å². The molecule has 188 valence electrons. The van der Waals surface area contributed by atoms with E-state index in [0.29, 0.717) is 28.5 Å². The highest BCUT2D eigenvalue weighted by Gasteiger charge is 2.29. The Morgan fingerprint density at radius 3 is 2.86 bits per heavy atom. The van der Waals surface area contributed by atoms with Crippen LogP contribution in [0.3, 0.4) is 0 Å². The number of pyridine rings is 1. The Balaban J connectivity index is 1.26. The van der Waals surface area contributed by atoms with E-state index in [9.17, 15) is 4.79 Å². The number of halogens is 2. The Labute approximate surface area is 220 Å². The lowest BCUT2D eigenvalue weighted by atomic mass is 10.2. The Hall–Kier alpha value is -3.02. The quantitative estimate of drug-likeness (QED) is 0.313. The zero-order valence-electron chi connectivity index (χ0n) is 19.9. The number of ether oxygens (including phenoxy) is 3. The van der Waals surface area contributed by atoms with Crippen molar-refractivity contribution in [3.63, 3.8) is 0 Å². The Morgan fingerprint density at radius 2 is 2.06 bits per heavy atom. The first kappa shape index (κ1) is 24.7. The molecule has 36 heavy (non-hydrogen) atoms. The van der Waals surface area contributed by atoms with Gasteiger partial charge in [-0.1, -0.05) is 11.6 Å². The number of benzene rings is 1. The van der Waals surface area contributed by atoms with Crippen molar-refractivity contribution < 1.29 is 19.0 Å². The molecular formula is C24H24BrClN6O4. The molecule has 0 spiro atoms. The van der Waals surface area contributed by atoms with E-state index in [1.807, 2.05) is 22.8 Å². The predicted octanol–water partition coefficient (Wildman–Crippen LogP) is 5.89. The predicted molar refractivity (Wildman–Crippen MR) is 138 cm³/mol. The number of imidazole rings is 1. The summed E-state index contributed by atoms with van der Waals surface area (Å²) < 4.78 is 20.3. The molecule has 3 aromatic heterocycles. The van der Waals surface area contributed by atoms with Gasteiger partial charge in [-0.15, -0.1) is 0 Å². The molecule has 2 atom stereocenters. The summed E-state index contributed by atoms with van der Waals surface area (Å²) in [6.45, 7) is 5.71. The van der Waals surface area contributed by atoms with Crippen molar-refractivity contribution in [1.29, 1.82) is 0 Å². The monoisotopic (exact) mass is 574 g/mol. The van der Waals surface area contributed by atoms with E-state index < -0.39 is 11.7 Å². The smallest absolute Gasteiger partial charge is 0.413 e. The number of nitrogens with one attached hydrogen (secondary N) is 1. The van der Waals surface area contributed by atoms with E-state index in [4.69, 9.17) is 25.8 Å². The van der Waals surface area contributed by atoms with Gasteiger partial charge in [0, 0.05) is 22.1 Å². The van der Waals surface area contributed by atoms with Gasteiger partial charge in [-0.3, -0.25) is 14.9 Å². The topological polar surface area (TPSA) is 113 Å². The van der Waals surface area contributed by atoms with Crippen LogP contribution in [0.25, 0.3) is 22.1 Å².